The molecule has 3 aromatic rings. The van der Waals surface area contributed by atoms with Crippen LogP contribution < -0.4 is 11.2 Å². The molecule has 26 heavy (non-hydrogen) atoms. The van der Waals surface area contributed by atoms with Gasteiger partial charge in [-0.1, -0.05) is 12.1 Å². The van der Waals surface area contributed by atoms with Crippen molar-refractivity contribution in [2.24, 2.45) is 14.1 Å². The van der Waals surface area contributed by atoms with Crippen LogP contribution in [-0.4, -0.2) is 24.7 Å². The van der Waals surface area contributed by atoms with E-state index in [1.165, 1.54) is 53.8 Å². The number of hydrogen-bond acceptors (Lipinski definition) is 5. The van der Waals surface area contributed by atoms with E-state index in [-0.39, 0.29) is 23.5 Å². The summed E-state index contributed by atoms with van der Waals surface area (Å²) in [6.45, 7) is 1.43. The average Bonchev–Trinajstić information content (AvgIpc) is 3.02. The molecule has 0 saturated carbocycles. The Morgan fingerprint density at radius 1 is 1.19 bits per heavy atom. The first-order chi connectivity index (χ1) is 12.3. The minimum atomic E-state index is -0.586. The van der Waals surface area contributed by atoms with Gasteiger partial charge in [0.2, 0.25) is 0 Å². The predicted octanol–water partition coefficient (Wildman–Crippen LogP) is 0.877. The highest BCUT2D eigenvalue weighted by Crippen LogP contribution is 2.17. The molecule has 0 N–H and O–H groups in total. The van der Waals surface area contributed by atoms with Gasteiger partial charge in [0.25, 0.3) is 5.56 Å². The molecular weight excluding hydrogens is 343 g/mol. The molecule has 2 heterocycles. The maximum absolute atomic E-state index is 13.0. The summed E-state index contributed by atoms with van der Waals surface area (Å²) in [6.07, 6.45) is 0.736. The van der Waals surface area contributed by atoms with Crippen molar-refractivity contribution in [3.05, 3.63) is 62.8 Å². The van der Waals surface area contributed by atoms with Gasteiger partial charge in [0.05, 0.1) is 6.33 Å². The molecule has 0 fully saturated rings. The average molecular weight is 360 g/mol. The van der Waals surface area contributed by atoms with E-state index in [0.717, 1.165) is 4.57 Å². The molecule has 0 aliphatic rings. The number of aryl methyl sites for hydroxylation is 1. The summed E-state index contributed by atoms with van der Waals surface area (Å²) in [4.78, 5) is 40.5. The van der Waals surface area contributed by atoms with Gasteiger partial charge in [-0.15, -0.1) is 0 Å². The largest absolute Gasteiger partial charge is 0.456 e. The molecule has 1 atom stereocenters. The number of imidazole rings is 1. The van der Waals surface area contributed by atoms with Crippen LogP contribution in [0.25, 0.3) is 11.2 Å². The van der Waals surface area contributed by atoms with Gasteiger partial charge in [-0.2, -0.15) is 0 Å². The maximum atomic E-state index is 13.0. The number of aromatic nitrogens is 4. The second-order valence-corrected chi connectivity index (χ2v) is 5.93. The molecule has 0 amide bonds. The molecule has 0 aliphatic heterocycles. The zero-order chi connectivity index (χ0) is 19.0. The monoisotopic (exact) mass is 360 g/mol. The first-order valence-corrected chi connectivity index (χ1v) is 7.85. The predicted molar refractivity (Wildman–Crippen MR) is 91.1 cm³/mol. The lowest BCUT2D eigenvalue weighted by atomic mass is 10.1. The van der Waals surface area contributed by atoms with Crippen LogP contribution in [-0.2, 0) is 30.2 Å². The topological polar surface area (TPSA) is 88.1 Å². The Morgan fingerprint density at radius 3 is 2.50 bits per heavy atom. The zero-order valence-electron chi connectivity index (χ0n) is 14.5. The summed E-state index contributed by atoms with van der Waals surface area (Å²) in [7, 11) is 2.85. The lowest BCUT2D eigenvalue weighted by Crippen LogP contribution is -2.37. The van der Waals surface area contributed by atoms with E-state index < -0.39 is 23.3 Å². The molecule has 0 saturated heterocycles. The van der Waals surface area contributed by atoms with E-state index in [1.54, 1.807) is 6.92 Å². The van der Waals surface area contributed by atoms with Crippen LogP contribution >= 0.6 is 0 Å². The summed E-state index contributed by atoms with van der Waals surface area (Å²) in [6, 6.07) is 5.64. The summed E-state index contributed by atoms with van der Waals surface area (Å²) in [5, 5.41) is 0. The number of hydrogen-bond donors (Lipinski definition) is 0. The third kappa shape index (κ3) is 3.03. The number of ether oxygens (including phenoxy) is 1. The minimum absolute atomic E-state index is 0.140. The number of carbonyl (C=O) groups is 1. The van der Waals surface area contributed by atoms with E-state index in [9.17, 15) is 18.8 Å². The lowest BCUT2D eigenvalue weighted by Gasteiger charge is -2.14. The SMILES string of the molecule is C[C@H](OC(=O)Cn1cnc2c1c(=O)n(C)c(=O)n2C)c1ccc(F)cc1. The van der Waals surface area contributed by atoms with Crippen LogP contribution in [0.4, 0.5) is 4.39 Å². The van der Waals surface area contributed by atoms with Crippen LogP contribution in [0, 0.1) is 5.82 Å². The van der Waals surface area contributed by atoms with Crippen molar-refractivity contribution in [3.8, 4) is 0 Å². The summed E-state index contributed by atoms with van der Waals surface area (Å²) >= 11 is 0. The smallest absolute Gasteiger partial charge is 0.332 e. The van der Waals surface area contributed by atoms with Crippen molar-refractivity contribution < 1.29 is 13.9 Å². The van der Waals surface area contributed by atoms with Gasteiger partial charge in [-0.25, -0.2) is 14.2 Å². The number of halogens is 1. The Kier molecular flexibility index (Phi) is 4.45. The molecule has 2 aromatic heterocycles. The van der Waals surface area contributed by atoms with Crippen LogP contribution in [0.15, 0.2) is 40.2 Å². The molecule has 9 heteroatoms. The van der Waals surface area contributed by atoms with Crippen molar-refractivity contribution in [1.29, 1.82) is 0 Å². The standard InChI is InChI=1S/C17H17FN4O4/c1-10(11-4-6-12(18)7-5-11)26-13(23)8-22-9-19-15-14(22)16(24)21(3)17(25)20(15)2/h4-7,9-10H,8H2,1-3H3/t10-/m0/s1. The van der Waals surface area contributed by atoms with Crippen molar-refractivity contribution in [2.75, 3.05) is 0 Å². The van der Waals surface area contributed by atoms with Crippen molar-refractivity contribution in [2.45, 2.75) is 19.6 Å². The second-order valence-electron chi connectivity index (χ2n) is 5.93. The van der Waals surface area contributed by atoms with Gasteiger partial charge < -0.3 is 9.30 Å². The molecule has 0 bridgehead atoms. The fourth-order valence-corrected chi connectivity index (χ4v) is 2.69. The minimum Gasteiger partial charge on any atom is -0.456 e. The van der Waals surface area contributed by atoms with E-state index in [2.05, 4.69) is 4.98 Å². The number of esters is 1. The molecular formula is C17H17FN4O4. The van der Waals surface area contributed by atoms with Crippen molar-refractivity contribution in [1.82, 2.24) is 18.7 Å². The summed E-state index contributed by atoms with van der Waals surface area (Å²) in [5.74, 6) is -0.962. The van der Waals surface area contributed by atoms with Gasteiger partial charge in [-0.3, -0.25) is 18.7 Å². The molecule has 8 nitrogen and oxygen atoms in total. The van der Waals surface area contributed by atoms with Gasteiger partial charge in [-0.05, 0) is 24.6 Å². The fraction of sp³-hybridized carbons (Fsp3) is 0.294. The highest BCUT2D eigenvalue weighted by Gasteiger charge is 2.18. The molecule has 0 spiro atoms. The number of benzene rings is 1. The summed E-state index contributed by atoms with van der Waals surface area (Å²) in [5.41, 5.74) is -0.0627. The van der Waals surface area contributed by atoms with Crippen LogP contribution in [0.2, 0.25) is 0 Å². The Morgan fingerprint density at radius 2 is 1.85 bits per heavy atom. The van der Waals surface area contributed by atoms with E-state index in [0.29, 0.717) is 5.56 Å². The third-order valence-electron chi connectivity index (χ3n) is 4.16. The Balaban J connectivity index is 1.85. The first-order valence-electron chi connectivity index (χ1n) is 7.85. The van der Waals surface area contributed by atoms with E-state index >= 15 is 0 Å². The Hall–Kier alpha value is -3.23. The number of rotatable bonds is 4. The second kappa shape index (κ2) is 6.58. The fourth-order valence-electron chi connectivity index (χ4n) is 2.69. The lowest BCUT2D eigenvalue weighted by molar-refractivity contribution is -0.149. The van der Waals surface area contributed by atoms with Gasteiger partial charge in [0, 0.05) is 14.1 Å². The number of carbonyl (C=O) groups excluding carboxylic acids is 1. The van der Waals surface area contributed by atoms with E-state index in [4.69, 9.17) is 4.74 Å². The molecule has 1 aromatic carbocycles. The number of nitrogens with zero attached hydrogens (tertiary/aromatic N) is 4. The molecule has 0 unspecified atom stereocenters. The molecule has 0 radical (unpaired) electrons. The maximum Gasteiger partial charge on any atom is 0.332 e. The van der Waals surface area contributed by atoms with Gasteiger partial charge in [0.15, 0.2) is 11.2 Å². The Bertz CT molecular complexity index is 1090. The van der Waals surface area contributed by atoms with E-state index in [1.807, 2.05) is 0 Å². The summed E-state index contributed by atoms with van der Waals surface area (Å²) < 4.78 is 21.8. The highest BCUT2D eigenvalue weighted by atomic mass is 19.1. The van der Waals surface area contributed by atoms with Crippen molar-refractivity contribution in [3.63, 3.8) is 0 Å². The van der Waals surface area contributed by atoms with Gasteiger partial charge >= 0.3 is 11.7 Å². The molecule has 136 valence electrons. The quantitative estimate of drug-likeness (QED) is 0.645. The Labute approximate surface area is 147 Å². The number of fused-ring (bicyclic) bond motifs is 1. The zero-order valence-corrected chi connectivity index (χ0v) is 14.5. The van der Waals surface area contributed by atoms with Crippen LogP contribution in [0.1, 0.15) is 18.6 Å². The van der Waals surface area contributed by atoms with Crippen LogP contribution in [0.5, 0.6) is 0 Å². The first kappa shape index (κ1) is 17.6. The molecule has 0 aliphatic carbocycles. The van der Waals surface area contributed by atoms with Gasteiger partial charge in [0.1, 0.15) is 18.5 Å². The highest BCUT2D eigenvalue weighted by molar-refractivity contribution is 5.75. The normalized spacial score (nSPS) is 12.3. The third-order valence-corrected chi connectivity index (χ3v) is 4.16. The molecule has 3 rings (SSSR count). The van der Waals surface area contributed by atoms with Crippen LogP contribution in [0.3, 0.4) is 0 Å². The van der Waals surface area contributed by atoms with Crippen molar-refractivity contribution >= 4 is 17.1 Å².